The average molecular weight is 220 g/mol. The van der Waals surface area contributed by atoms with Crippen LogP contribution in [0.15, 0.2) is 27.4 Å². The molecule has 4 nitrogen and oxygen atoms in total. The lowest BCUT2D eigenvalue weighted by atomic mass is 10.1. The van der Waals surface area contributed by atoms with Crippen LogP contribution in [-0.4, -0.2) is 16.8 Å². The minimum Gasteiger partial charge on any atom is -0.507 e. The van der Waals surface area contributed by atoms with Gasteiger partial charge in [0.25, 0.3) is 0 Å². The highest BCUT2D eigenvalue weighted by Crippen LogP contribution is 2.27. The molecule has 0 spiro atoms. The van der Waals surface area contributed by atoms with Gasteiger partial charge in [0.2, 0.25) is 0 Å². The van der Waals surface area contributed by atoms with E-state index in [-0.39, 0.29) is 24.3 Å². The molecular formula is C12H12O4. The summed E-state index contributed by atoms with van der Waals surface area (Å²) < 4.78 is 5.05. The van der Waals surface area contributed by atoms with Gasteiger partial charge in [0.05, 0.1) is 10.9 Å². The van der Waals surface area contributed by atoms with Gasteiger partial charge in [-0.3, -0.25) is 0 Å². The predicted octanol–water partition coefficient (Wildman–Crippen LogP) is 1.34. The molecule has 0 aliphatic rings. The van der Waals surface area contributed by atoms with Crippen molar-refractivity contribution in [2.45, 2.75) is 13.3 Å². The van der Waals surface area contributed by atoms with E-state index in [2.05, 4.69) is 0 Å². The Bertz CT molecular complexity index is 583. The van der Waals surface area contributed by atoms with Gasteiger partial charge in [-0.2, -0.15) is 0 Å². The topological polar surface area (TPSA) is 70.7 Å². The lowest BCUT2D eigenvalue weighted by molar-refractivity contribution is 0.295. The van der Waals surface area contributed by atoms with Gasteiger partial charge < -0.3 is 14.6 Å². The first-order valence-electron chi connectivity index (χ1n) is 4.99. The van der Waals surface area contributed by atoms with E-state index in [9.17, 15) is 9.90 Å². The Morgan fingerprint density at radius 1 is 1.38 bits per heavy atom. The third-order valence-corrected chi connectivity index (χ3v) is 2.49. The highest BCUT2D eigenvalue weighted by molar-refractivity contribution is 5.84. The minimum atomic E-state index is -0.595. The molecule has 2 rings (SSSR count). The van der Waals surface area contributed by atoms with Gasteiger partial charge in [-0.1, -0.05) is 11.6 Å². The average Bonchev–Trinajstić information content (AvgIpc) is 2.26. The number of hydrogen-bond donors (Lipinski definition) is 2. The van der Waals surface area contributed by atoms with Crippen LogP contribution in [0.2, 0.25) is 0 Å². The smallest absolute Gasteiger partial charge is 0.343 e. The monoisotopic (exact) mass is 220 g/mol. The fourth-order valence-electron chi connectivity index (χ4n) is 1.67. The summed E-state index contributed by atoms with van der Waals surface area (Å²) in [5.74, 6) is -0.0935. The van der Waals surface area contributed by atoms with Crippen molar-refractivity contribution >= 4 is 11.0 Å². The number of aliphatic hydroxyl groups is 1. The molecule has 0 radical (unpaired) electrons. The van der Waals surface area contributed by atoms with Crippen molar-refractivity contribution in [3.8, 4) is 5.75 Å². The lowest BCUT2D eigenvalue weighted by Gasteiger charge is -2.05. The number of aromatic hydroxyl groups is 1. The summed E-state index contributed by atoms with van der Waals surface area (Å²) in [7, 11) is 0. The van der Waals surface area contributed by atoms with Gasteiger partial charge in [-0.15, -0.1) is 0 Å². The largest absolute Gasteiger partial charge is 0.507 e. The number of aliphatic hydroxyl groups excluding tert-OH is 1. The van der Waals surface area contributed by atoms with E-state index in [4.69, 9.17) is 9.52 Å². The summed E-state index contributed by atoms with van der Waals surface area (Å²) in [5, 5.41) is 19.2. The van der Waals surface area contributed by atoms with E-state index in [1.807, 2.05) is 6.92 Å². The number of fused-ring (bicyclic) bond motifs is 1. The Balaban J connectivity index is 2.79. The van der Waals surface area contributed by atoms with Crippen molar-refractivity contribution in [3.63, 3.8) is 0 Å². The van der Waals surface area contributed by atoms with Crippen molar-refractivity contribution < 1.29 is 14.6 Å². The number of rotatable bonds is 2. The van der Waals surface area contributed by atoms with Crippen LogP contribution in [0, 0.1) is 6.92 Å². The Labute approximate surface area is 91.8 Å². The summed E-state index contributed by atoms with van der Waals surface area (Å²) in [6.07, 6.45) is 0.0953. The van der Waals surface area contributed by atoms with E-state index in [0.717, 1.165) is 5.56 Å². The molecule has 0 aliphatic heterocycles. The third kappa shape index (κ3) is 1.67. The second-order valence-electron chi connectivity index (χ2n) is 3.69. The number of hydrogen-bond acceptors (Lipinski definition) is 4. The maximum Gasteiger partial charge on any atom is 0.343 e. The molecule has 0 fully saturated rings. The Morgan fingerprint density at radius 3 is 2.81 bits per heavy atom. The molecule has 2 aromatic rings. The zero-order valence-corrected chi connectivity index (χ0v) is 8.86. The highest BCUT2D eigenvalue weighted by atomic mass is 16.4. The Kier molecular flexibility index (Phi) is 2.66. The highest BCUT2D eigenvalue weighted by Gasteiger charge is 2.13. The minimum absolute atomic E-state index is 0.0935. The van der Waals surface area contributed by atoms with Crippen molar-refractivity contribution in [2.24, 2.45) is 0 Å². The van der Waals surface area contributed by atoms with Crippen LogP contribution in [0.1, 0.15) is 11.1 Å². The normalized spacial score (nSPS) is 10.9. The SMILES string of the molecule is Cc1ccc2oc(=O)c(CCO)c(O)c2c1. The second-order valence-corrected chi connectivity index (χ2v) is 3.69. The fraction of sp³-hybridized carbons (Fsp3) is 0.250. The summed E-state index contributed by atoms with van der Waals surface area (Å²) >= 11 is 0. The Morgan fingerprint density at radius 2 is 2.12 bits per heavy atom. The molecule has 0 bridgehead atoms. The first-order valence-corrected chi connectivity index (χ1v) is 4.99. The van der Waals surface area contributed by atoms with Gasteiger partial charge in [-0.25, -0.2) is 4.79 Å². The van der Waals surface area contributed by atoms with Crippen LogP contribution in [0.3, 0.4) is 0 Å². The molecule has 0 amide bonds. The maximum atomic E-state index is 11.5. The molecule has 0 unspecified atom stereocenters. The molecule has 16 heavy (non-hydrogen) atoms. The molecule has 4 heteroatoms. The molecule has 0 atom stereocenters. The van der Waals surface area contributed by atoms with Gasteiger partial charge in [0, 0.05) is 13.0 Å². The predicted molar refractivity (Wildman–Crippen MR) is 59.7 cm³/mol. The first-order chi connectivity index (χ1) is 7.63. The summed E-state index contributed by atoms with van der Waals surface area (Å²) in [6.45, 7) is 1.69. The lowest BCUT2D eigenvalue weighted by Crippen LogP contribution is -2.09. The van der Waals surface area contributed by atoms with Crippen molar-refractivity contribution in [1.29, 1.82) is 0 Å². The molecular weight excluding hydrogens is 208 g/mol. The molecule has 0 aliphatic carbocycles. The molecule has 1 heterocycles. The van der Waals surface area contributed by atoms with Crippen molar-refractivity contribution in [3.05, 3.63) is 39.7 Å². The molecule has 84 valence electrons. The zero-order valence-electron chi connectivity index (χ0n) is 8.86. The van der Waals surface area contributed by atoms with Crippen molar-refractivity contribution in [2.75, 3.05) is 6.61 Å². The van der Waals surface area contributed by atoms with Gasteiger partial charge in [0.15, 0.2) is 0 Å². The molecule has 1 aromatic heterocycles. The molecule has 0 saturated heterocycles. The van der Waals surface area contributed by atoms with Gasteiger partial charge in [0.1, 0.15) is 11.3 Å². The van der Waals surface area contributed by atoms with Crippen LogP contribution in [0.4, 0.5) is 0 Å². The van der Waals surface area contributed by atoms with Crippen molar-refractivity contribution in [1.82, 2.24) is 0 Å². The van der Waals surface area contributed by atoms with E-state index >= 15 is 0 Å². The maximum absolute atomic E-state index is 11.5. The van der Waals surface area contributed by atoms with E-state index in [1.54, 1.807) is 18.2 Å². The first kappa shape index (κ1) is 10.7. The van der Waals surface area contributed by atoms with Gasteiger partial charge >= 0.3 is 5.63 Å². The van der Waals surface area contributed by atoms with Crippen LogP contribution in [-0.2, 0) is 6.42 Å². The van der Waals surface area contributed by atoms with E-state index in [0.29, 0.717) is 11.0 Å². The van der Waals surface area contributed by atoms with Crippen LogP contribution in [0.25, 0.3) is 11.0 Å². The third-order valence-electron chi connectivity index (χ3n) is 2.49. The van der Waals surface area contributed by atoms with E-state index in [1.165, 1.54) is 0 Å². The van der Waals surface area contributed by atoms with Crippen LogP contribution >= 0.6 is 0 Å². The second kappa shape index (κ2) is 3.98. The zero-order chi connectivity index (χ0) is 11.7. The van der Waals surface area contributed by atoms with Crippen LogP contribution in [0.5, 0.6) is 5.75 Å². The van der Waals surface area contributed by atoms with Crippen LogP contribution < -0.4 is 5.63 Å². The fourth-order valence-corrected chi connectivity index (χ4v) is 1.67. The quantitative estimate of drug-likeness (QED) is 0.749. The van der Waals surface area contributed by atoms with E-state index < -0.39 is 5.63 Å². The summed E-state index contributed by atoms with van der Waals surface area (Å²) in [4.78, 5) is 11.5. The molecule has 0 saturated carbocycles. The summed E-state index contributed by atoms with van der Waals surface area (Å²) in [6, 6.07) is 5.19. The molecule has 2 N–H and O–H groups in total. The van der Waals surface area contributed by atoms with Gasteiger partial charge in [-0.05, 0) is 19.1 Å². The number of aryl methyl sites for hydroxylation is 1. The Hall–Kier alpha value is -1.81. The standard InChI is InChI=1S/C12H12O4/c1-7-2-3-10-9(6-7)11(14)8(4-5-13)12(15)16-10/h2-3,6,13-14H,4-5H2,1H3. The summed E-state index contributed by atoms with van der Waals surface area (Å²) in [5.41, 5.74) is 0.852. The number of benzene rings is 1. The molecule has 1 aromatic carbocycles.